The van der Waals surface area contributed by atoms with E-state index in [1.165, 1.54) is 43.7 Å². The lowest BCUT2D eigenvalue weighted by Crippen LogP contribution is -1.97. The Kier molecular flexibility index (Phi) is 4.89. The molecule has 0 radical (unpaired) electrons. The first-order valence-electron chi connectivity index (χ1n) is 13.4. The summed E-state index contributed by atoms with van der Waals surface area (Å²) in [5.74, 6) is 0. The van der Waals surface area contributed by atoms with E-state index in [9.17, 15) is 0 Å². The fourth-order valence-electron chi connectivity index (χ4n) is 6.22. The fourth-order valence-corrected chi connectivity index (χ4v) is 6.22. The monoisotopic (exact) mass is 509 g/mol. The van der Waals surface area contributed by atoms with Gasteiger partial charge in [-0.1, -0.05) is 91.0 Å². The second kappa shape index (κ2) is 8.73. The van der Waals surface area contributed by atoms with Crippen LogP contribution in [-0.4, -0.2) is 9.13 Å². The zero-order chi connectivity index (χ0) is 26.6. The summed E-state index contributed by atoms with van der Waals surface area (Å²) in [4.78, 5) is 3.67. The molecule has 0 saturated carbocycles. The van der Waals surface area contributed by atoms with Crippen LogP contribution in [0.1, 0.15) is 0 Å². The summed E-state index contributed by atoms with van der Waals surface area (Å²) in [6.45, 7) is 7.51. The molecular formula is C37H23N3. The van der Waals surface area contributed by atoms with Gasteiger partial charge in [0, 0.05) is 32.8 Å². The molecule has 0 bridgehead atoms. The molecule has 8 aromatic rings. The smallest absolute Gasteiger partial charge is 0.189 e. The first-order valence-corrected chi connectivity index (χ1v) is 13.4. The number of para-hydroxylation sites is 4. The molecule has 0 unspecified atom stereocenters. The molecule has 0 N–H and O–H groups in total. The van der Waals surface area contributed by atoms with Gasteiger partial charge in [0.25, 0.3) is 0 Å². The van der Waals surface area contributed by atoms with Gasteiger partial charge in [-0.2, -0.15) is 0 Å². The Morgan fingerprint density at radius 1 is 0.450 bits per heavy atom. The van der Waals surface area contributed by atoms with Gasteiger partial charge in [-0.3, -0.25) is 0 Å². The van der Waals surface area contributed by atoms with E-state index in [2.05, 4.69) is 135 Å². The third kappa shape index (κ3) is 3.24. The zero-order valence-corrected chi connectivity index (χ0v) is 21.6. The van der Waals surface area contributed by atoms with Crippen molar-refractivity contribution in [3.63, 3.8) is 0 Å². The Labute approximate surface area is 231 Å². The molecule has 3 heteroatoms. The van der Waals surface area contributed by atoms with Gasteiger partial charge in [-0.05, 0) is 54.1 Å². The minimum atomic E-state index is 0.639. The van der Waals surface area contributed by atoms with Crippen molar-refractivity contribution >= 4 is 49.3 Å². The average Bonchev–Trinajstić information content (AvgIpc) is 3.54. The Balaban J connectivity index is 1.40. The Bertz CT molecular complexity index is 2240. The van der Waals surface area contributed by atoms with Crippen molar-refractivity contribution in [2.45, 2.75) is 0 Å². The van der Waals surface area contributed by atoms with E-state index >= 15 is 0 Å². The predicted octanol–water partition coefficient (Wildman–Crippen LogP) is 10.1. The van der Waals surface area contributed by atoms with Gasteiger partial charge in [-0.15, -0.1) is 0 Å². The van der Waals surface area contributed by atoms with Gasteiger partial charge in [0.2, 0.25) is 0 Å². The SMILES string of the molecule is [C-]#[N+]c1cccc(-n2c3ccccc3c3cc(-c4ccccc4-n4c5ccccc5c5ccccc54)ccc32)c1. The highest BCUT2D eigenvalue weighted by Gasteiger charge is 2.17. The molecule has 0 amide bonds. The Morgan fingerprint density at radius 3 is 1.73 bits per heavy atom. The second-order valence-corrected chi connectivity index (χ2v) is 10.1. The van der Waals surface area contributed by atoms with Crippen molar-refractivity contribution < 1.29 is 0 Å². The standard InChI is InChI=1S/C37H23N3/c1-38-26-11-10-12-27(24-26)39-34-18-7-5-16-31(34)32-23-25(21-22-37(32)39)28-13-2-6-17-33(28)40-35-19-8-3-14-29(35)30-15-4-9-20-36(30)40/h2-24H. The van der Waals surface area contributed by atoms with E-state index in [1.54, 1.807) is 0 Å². The van der Waals surface area contributed by atoms with Crippen LogP contribution in [0.15, 0.2) is 140 Å². The van der Waals surface area contributed by atoms with Crippen molar-refractivity contribution in [2.24, 2.45) is 0 Å². The van der Waals surface area contributed by atoms with Crippen LogP contribution in [0.3, 0.4) is 0 Å². The summed E-state index contributed by atoms with van der Waals surface area (Å²) in [6.07, 6.45) is 0. The molecule has 40 heavy (non-hydrogen) atoms. The van der Waals surface area contributed by atoms with Crippen LogP contribution in [0.4, 0.5) is 5.69 Å². The number of fused-ring (bicyclic) bond motifs is 6. The van der Waals surface area contributed by atoms with E-state index in [0.29, 0.717) is 5.69 Å². The van der Waals surface area contributed by atoms with Crippen molar-refractivity contribution in [1.29, 1.82) is 0 Å². The molecule has 0 spiro atoms. The largest absolute Gasteiger partial charge is 0.311 e. The van der Waals surface area contributed by atoms with E-state index in [4.69, 9.17) is 6.57 Å². The van der Waals surface area contributed by atoms with Crippen LogP contribution in [0.25, 0.3) is 71.0 Å². The zero-order valence-electron chi connectivity index (χ0n) is 21.6. The molecule has 3 nitrogen and oxygen atoms in total. The van der Waals surface area contributed by atoms with Gasteiger partial charge >= 0.3 is 0 Å². The van der Waals surface area contributed by atoms with Crippen LogP contribution >= 0.6 is 0 Å². The van der Waals surface area contributed by atoms with E-state index in [0.717, 1.165) is 22.4 Å². The fraction of sp³-hybridized carbons (Fsp3) is 0. The van der Waals surface area contributed by atoms with E-state index < -0.39 is 0 Å². The predicted molar refractivity (Wildman–Crippen MR) is 167 cm³/mol. The molecule has 6 aromatic carbocycles. The lowest BCUT2D eigenvalue weighted by molar-refractivity contribution is 1.18. The quantitative estimate of drug-likeness (QED) is 0.210. The molecule has 186 valence electrons. The first kappa shape index (κ1) is 22.4. The maximum atomic E-state index is 7.51. The molecule has 2 aromatic heterocycles. The molecule has 0 atom stereocenters. The van der Waals surface area contributed by atoms with Crippen LogP contribution in [0.5, 0.6) is 0 Å². The molecule has 0 aliphatic heterocycles. The van der Waals surface area contributed by atoms with E-state index in [1.807, 2.05) is 18.2 Å². The van der Waals surface area contributed by atoms with Gasteiger partial charge in [0.05, 0.1) is 34.3 Å². The molecule has 8 rings (SSSR count). The molecule has 0 aliphatic rings. The van der Waals surface area contributed by atoms with Crippen molar-refractivity contribution in [1.82, 2.24) is 9.13 Å². The summed E-state index contributed by atoms with van der Waals surface area (Å²) in [7, 11) is 0. The van der Waals surface area contributed by atoms with Crippen molar-refractivity contribution in [2.75, 3.05) is 0 Å². The number of aromatic nitrogens is 2. The number of hydrogen-bond donors (Lipinski definition) is 0. The third-order valence-corrected chi connectivity index (χ3v) is 7.93. The number of rotatable bonds is 3. The molecular weight excluding hydrogens is 486 g/mol. The highest BCUT2D eigenvalue weighted by molar-refractivity contribution is 6.12. The maximum absolute atomic E-state index is 7.51. The van der Waals surface area contributed by atoms with Gasteiger partial charge in [-0.25, -0.2) is 4.85 Å². The normalized spacial score (nSPS) is 11.5. The van der Waals surface area contributed by atoms with Crippen molar-refractivity contribution in [3.8, 4) is 22.5 Å². The minimum Gasteiger partial charge on any atom is -0.311 e. The Morgan fingerprint density at radius 2 is 1.02 bits per heavy atom. The van der Waals surface area contributed by atoms with Gasteiger partial charge in [0.1, 0.15) is 0 Å². The maximum Gasteiger partial charge on any atom is 0.189 e. The van der Waals surface area contributed by atoms with Crippen LogP contribution < -0.4 is 0 Å². The minimum absolute atomic E-state index is 0.639. The van der Waals surface area contributed by atoms with Crippen molar-refractivity contribution in [3.05, 3.63) is 151 Å². The Hall–Kier alpha value is -5.59. The van der Waals surface area contributed by atoms with Gasteiger partial charge in [0.15, 0.2) is 5.69 Å². The summed E-state index contributed by atoms with van der Waals surface area (Å²) in [5.41, 5.74) is 9.81. The highest BCUT2D eigenvalue weighted by atomic mass is 15.0. The summed E-state index contributed by atoms with van der Waals surface area (Å²) < 4.78 is 4.66. The summed E-state index contributed by atoms with van der Waals surface area (Å²) in [6, 6.07) is 49.1. The van der Waals surface area contributed by atoms with Gasteiger partial charge < -0.3 is 9.13 Å². The number of hydrogen-bond acceptors (Lipinski definition) is 0. The average molecular weight is 510 g/mol. The summed E-state index contributed by atoms with van der Waals surface area (Å²) >= 11 is 0. The summed E-state index contributed by atoms with van der Waals surface area (Å²) in [5, 5.41) is 4.90. The topological polar surface area (TPSA) is 14.2 Å². The molecule has 0 aliphatic carbocycles. The molecule has 0 fully saturated rings. The first-order chi connectivity index (χ1) is 19.8. The lowest BCUT2D eigenvalue weighted by atomic mass is 10.0. The second-order valence-electron chi connectivity index (χ2n) is 10.1. The lowest BCUT2D eigenvalue weighted by Gasteiger charge is -2.14. The molecule has 2 heterocycles. The number of nitrogens with zero attached hydrogens (tertiary/aromatic N) is 3. The third-order valence-electron chi connectivity index (χ3n) is 7.93. The highest BCUT2D eigenvalue weighted by Crippen LogP contribution is 2.39. The van der Waals surface area contributed by atoms with Crippen LogP contribution in [0.2, 0.25) is 0 Å². The number of benzene rings is 6. The van der Waals surface area contributed by atoms with Crippen LogP contribution in [-0.2, 0) is 0 Å². The van der Waals surface area contributed by atoms with Crippen LogP contribution in [0, 0.1) is 6.57 Å². The van der Waals surface area contributed by atoms with E-state index in [-0.39, 0.29) is 0 Å². The molecule has 0 saturated heterocycles.